The van der Waals surface area contributed by atoms with Crippen molar-refractivity contribution in [2.24, 2.45) is 0 Å². The summed E-state index contributed by atoms with van der Waals surface area (Å²) < 4.78 is 13.3. The number of hydrogen-bond acceptors (Lipinski definition) is 3. The second-order valence-corrected chi connectivity index (χ2v) is 8.39. The molecule has 0 spiro atoms. The lowest BCUT2D eigenvalue weighted by atomic mass is 10.1. The van der Waals surface area contributed by atoms with Crippen molar-refractivity contribution in [3.8, 4) is 0 Å². The van der Waals surface area contributed by atoms with Crippen molar-refractivity contribution < 1.29 is 14.0 Å². The van der Waals surface area contributed by atoms with Gasteiger partial charge in [0.25, 0.3) is 0 Å². The zero-order chi connectivity index (χ0) is 21.4. The molecule has 0 aliphatic carbocycles. The van der Waals surface area contributed by atoms with Crippen LogP contribution in [0.25, 0.3) is 0 Å². The third-order valence-corrected chi connectivity index (χ3v) is 5.46. The first-order chi connectivity index (χ1) is 13.8. The number of hydrogen-bond donors (Lipinski definition) is 1. The van der Waals surface area contributed by atoms with Gasteiger partial charge in [-0.1, -0.05) is 36.8 Å². The van der Waals surface area contributed by atoms with Crippen LogP contribution < -0.4 is 5.32 Å². The molecule has 0 aliphatic rings. The van der Waals surface area contributed by atoms with Crippen molar-refractivity contribution in [3.63, 3.8) is 0 Å². The van der Waals surface area contributed by atoms with Crippen molar-refractivity contribution in [3.05, 3.63) is 65.5 Å². The molecule has 156 valence electrons. The van der Waals surface area contributed by atoms with Crippen LogP contribution in [-0.2, 0) is 16.1 Å². The van der Waals surface area contributed by atoms with Gasteiger partial charge < -0.3 is 10.2 Å². The van der Waals surface area contributed by atoms with Crippen molar-refractivity contribution in [2.75, 3.05) is 5.75 Å². The van der Waals surface area contributed by atoms with Gasteiger partial charge in [0.05, 0.1) is 5.75 Å². The quantitative estimate of drug-likeness (QED) is 0.610. The highest BCUT2D eigenvalue weighted by atomic mass is 32.2. The van der Waals surface area contributed by atoms with E-state index in [2.05, 4.69) is 5.32 Å². The number of carbonyl (C=O) groups is 2. The fourth-order valence-corrected chi connectivity index (χ4v) is 3.73. The molecule has 0 radical (unpaired) electrons. The molecule has 0 aromatic heterocycles. The number of thioether (sulfide) groups is 1. The SMILES string of the molecule is CCC(C(=O)NC(C)C)N(Cc1ccc(F)cc1)C(=O)CSc1ccc(C)cc1. The summed E-state index contributed by atoms with van der Waals surface area (Å²) in [7, 11) is 0. The monoisotopic (exact) mass is 416 g/mol. The van der Waals surface area contributed by atoms with E-state index >= 15 is 0 Å². The van der Waals surface area contributed by atoms with Gasteiger partial charge in [0.15, 0.2) is 0 Å². The summed E-state index contributed by atoms with van der Waals surface area (Å²) in [6.45, 7) is 7.96. The van der Waals surface area contributed by atoms with Gasteiger partial charge in [-0.15, -0.1) is 11.8 Å². The van der Waals surface area contributed by atoms with E-state index in [9.17, 15) is 14.0 Å². The minimum Gasteiger partial charge on any atom is -0.352 e. The van der Waals surface area contributed by atoms with Crippen LogP contribution in [0.5, 0.6) is 0 Å². The largest absolute Gasteiger partial charge is 0.352 e. The van der Waals surface area contributed by atoms with Gasteiger partial charge in [0.2, 0.25) is 11.8 Å². The van der Waals surface area contributed by atoms with Gasteiger partial charge >= 0.3 is 0 Å². The third kappa shape index (κ3) is 7.20. The lowest BCUT2D eigenvalue weighted by Gasteiger charge is -2.31. The van der Waals surface area contributed by atoms with Gasteiger partial charge in [-0.05, 0) is 57.0 Å². The second kappa shape index (κ2) is 11.0. The predicted molar refractivity (Wildman–Crippen MR) is 116 cm³/mol. The van der Waals surface area contributed by atoms with E-state index in [4.69, 9.17) is 0 Å². The number of aryl methyl sites for hydroxylation is 1. The lowest BCUT2D eigenvalue weighted by molar-refractivity contribution is -0.139. The zero-order valence-corrected chi connectivity index (χ0v) is 18.3. The number of amides is 2. The number of rotatable bonds is 9. The first-order valence-electron chi connectivity index (χ1n) is 9.84. The van der Waals surface area contributed by atoms with Gasteiger partial charge in [0, 0.05) is 17.5 Å². The van der Waals surface area contributed by atoms with E-state index in [0.29, 0.717) is 6.42 Å². The van der Waals surface area contributed by atoms with Crippen molar-refractivity contribution >= 4 is 23.6 Å². The molecule has 6 heteroatoms. The van der Waals surface area contributed by atoms with E-state index in [1.54, 1.807) is 17.0 Å². The van der Waals surface area contributed by atoms with Crippen LogP contribution in [0.2, 0.25) is 0 Å². The molecule has 4 nitrogen and oxygen atoms in total. The summed E-state index contributed by atoms with van der Waals surface area (Å²) in [6, 6.07) is 13.4. The number of benzene rings is 2. The first kappa shape index (κ1) is 22.9. The maximum atomic E-state index is 13.3. The molecular formula is C23H29FN2O2S. The molecule has 29 heavy (non-hydrogen) atoms. The Kier molecular flexibility index (Phi) is 8.70. The van der Waals surface area contributed by atoms with Crippen LogP contribution in [0.4, 0.5) is 4.39 Å². The van der Waals surface area contributed by atoms with Gasteiger partial charge in [-0.2, -0.15) is 0 Å². The standard InChI is InChI=1S/C23H29FN2O2S/c1-5-21(23(28)25-16(2)3)26(14-18-8-10-19(24)11-9-18)22(27)15-29-20-12-6-17(4)7-13-20/h6-13,16,21H,5,14-15H2,1-4H3,(H,25,28). The van der Waals surface area contributed by atoms with E-state index in [1.807, 2.05) is 52.0 Å². The summed E-state index contributed by atoms with van der Waals surface area (Å²) in [4.78, 5) is 28.4. The highest BCUT2D eigenvalue weighted by Crippen LogP contribution is 2.21. The first-order valence-corrected chi connectivity index (χ1v) is 10.8. The summed E-state index contributed by atoms with van der Waals surface area (Å²) >= 11 is 1.45. The highest BCUT2D eigenvalue weighted by Gasteiger charge is 2.28. The molecular weight excluding hydrogens is 387 g/mol. The normalized spacial score (nSPS) is 11.9. The summed E-state index contributed by atoms with van der Waals surface area (Å²) in [5, 5.41) is 2.90. The molecule has 0 aliphatic heterocycles. The number of carbonyl (C=O) groups excluding carboxylic acids is 2. The summed E-state index contributed by atoms with van der Waals surface area (Å²) in [6.07, 6.45) is 0.501. The fourth-order valence-electron chi connectivity index (χ4n) is 2.95. The third-order valence-electron chi connectivity index (χ3n) is 4.47. The minimum absolute atomic E-state index is 0.0127. The van der Waals surface area contributed by atoms with E-state index in [0.717, 1.165) is 16.0 Å². The zero-order valence-electron chi connectivity index (χ0n) is 17.4. The molecule has 0 saturated carbocycles. The number of nitrogens with zero attached hydrogens (tertiary/aromatic N) is 1. The highest BCUT2D eigenvalue weighted by molar-refractivity contribution is 8.00. The van der Waals surface area contributed by atoms with E-state index in [1.165, 1.54) is 23.9 Å². The van der Waals surface area contributed by atoms with Crippen LogP contribution in [-0.4, -0.2) is 34.6 Å². The van der Waals surface area contributed by atoms with Crippen LogP contribution >= 0.6 is 11.8 Å². The summed E-state index contributed by atoms with van der Waals surface area (Å²) in [5.74, 6) is -0.384. The molecule has 2 amide bonds. The molecule has 2 aromatic rings. The van der Waals surface area contributed by atoms with Crippen LogP contribution in [0.3, 0.4) is 0 Å². The predicted octanol–water partition coefficient (Wildman–Crippen LogP) is 4.56. The lowest BCUT2D eigenvalue weighted by Crippen LogP contribution is -2.50. The molecule has 0 saturated heterocycles. The van der Waals surface area contributed by atoms with E-state index in [-0.39, 0.29) is 36.0 Å². The molecule has 1 unspecified atom stereocenters. The topological polar surface area (TPSA) is 49.4 Å². The van der Waals surface area contributed by atoms with E-state index < -0.39 is 6.04 Å². The average molecular weight is 417 g/mol. The Balaban J connectivity index is 2.18. The molecule has 0 fully saturated rings. The maximum Gasteiger partial charge on any atom is 0.243 e. The summed E-state index contributed by atoms with van der Waals surface area (Å²) in [5.41, 5.74) is 1.95. The second-order valence-electron chi connectivity index (χ2n) is 7.34. The minimum atomic E-state index is -0.575. The smallest absolute Gasteiger partial charge is 0.243 e. The van der Waals surface area contributed by atoms with Crippen LogP contribution in [0.1, 0.15) is 38.3 Å². The Morgan fingerprint density at radius 1 is 1.07 bits per heavy atom. The number of halogens is 1. The number of nitrogens with one attached hydrogen (secondary N) is 1. The molecule has 0 bridgehead atoms. The Bertz CT molecular complexity index is 807. The Hall–Kier alpha value is -2.34. The Morgan fingerprint density at radius 3 is 2.24 bits per heavy atom. The van der Waals surface area contributed by atoms with Crippen LogP contribution in [0.15, 0.2) is 53.4 Å². The maximum absolute atomic E-state index is 13.3. The Morgan fingerprint density at radius 2 is 1.69 bits per heavy atom. The molecule has 2 aromatic carbocycles. The van der Waals surface area contributed by atoms with Crippen LogP contribution in [0, 0.1) is 12.7 Å². The van der Waals surface area contributed by atoms with Gasteiger partial charge in [0.1, 0.15) is 11.9 Å². The molecule has 2 rings (SSSR count). The van der Waals surface area contributed by atoms with Crippen molar-refractivity contribution in [1.82, 2.24) is 10.2 Å². The average Bonchev–Trinajstić information content (AvgIpc) is 2.68. The fraction of sp³-hybridized carbons (Fsp3) is 0.391. The molecule has 1 atom stereocenters. The van der Waals surface area contributed by atoms with Crippen molar-refractivity contribution in [2.45, 2.75) is 57.6 Å². The van der Waals surface area contributed by atoms with Crippen molar-refractivity contribution in [1.29, 1.82) is 0 Å². The van der Waals surface area contributed by atoms with Gasteiger partial charge in [-0.25, -0.2) is 4.39 Å². The Labute approximate surface area is 176 Å². The molecule has 1 N–H and O–H groups in total. The van der Waals surface area contributed by atoms with Gasteiger partial charge in [-0.3, -0.25) is 9.59 Å². The molecule has 0 heterocycles.